The first-order chi connectivity index (χ1) is 7.25. The van der Waals surface area contributed by atoms with Crippen LogP contribution in [0.2, 0.25) is 5.02 Å². The van der Waals surface area contributed by atoms with Gasteiger partial charge in [-0.3, -0.25) is 4.90 Å². The van der Waals surface area contributed by atoms with Gasteiger partial charge in [0.15, 0.2) is 0 Å². The molecular weight excluding hydrogens is 245 g/mol. The molecule has 1 aliphatic heterocycles. The number of phenolic OH excluding ortho intramolecular Hbond substituents is 1. The van der Waals surface area contributed by atoms with Gasteiger partial charge in [-0.05, 0) is 24.1 Å². The molecule has 0 amide bonds. The predicted octanol–water partition coefficient (Wildman–Crippen LogP) is 3.23. The first kappa shape index (κ1) is 13.4. The minimum Gasteiger partial charge on any atom is -0.506 e. The average Bonchev–Trinajstić information content (AvgIpc) is 2.25. The Labute approximate surface area is 107 Å². The summed E-state index contributed by atoms with van der Waals surface area (Å²) < 4.78 is 0. The van der Waals surface area contributed by atoms with Crippen LogP contribution in [0.25, 0.3) is 0 Å². The van der Waals surface area contributed by atoms with Crippen molar-refractivity contribution in [2.45, 2.75) is 13.0 Å². The lowest BCUT2D eigenvalue weighted by atomic mass is 10.1. The monoisotopic (exact) mass is 259 g/mol. The topological polar surface area (TPSA) is 23.5 Å². The van der Waals surface area contributed by atoms with Crippen LogP contribution < -0.4 is 0 Å². The third-order valence-electron chi connectivity index (χ3n) is 2.56. The largest absolute Gasteiger partial charge is 0.506 e. The van der Waals surface area contributed by atoms with E-state index in [1.807, 2.05) is 12.1 Å². The molecule has 0 aliphatic carbocycles. The van der Waals surface area contributed by atoms with Gasteiger partial charge >= 0.3 is 0 Å². The molecule has 16 heavy (non-hydrogen) atoms. The van der Waals surface area contributed by atoms with E-state index in [4.69, 9.17) is 11.6 Å². The standard InChI is InChI=1S/C12H14ClNO.ClH/c13-11-8-10(4-5-12(11)15)9-14-6-2-1-3-7-14;/h1-2,4-5,8,15H,3,6-7,9H2;1H. The Balaban J connectivity index is 0.00000128. The van der Waals surface area contributed by atoms with E-state index >= 15 is 0 Å². The van der Waals surface area contributed by atoms with Crippen LogP contribution in [-0.4, -0.2) is 23.1 Å². The van der Waals surface area contributed by atoms with Crippen LogP contribution in [0, 0.1) is 0 Å². The lowest BCUT2D eigenvalue weighted by Crippen LogP contribution is -2.26. The Bertz CT molecular complexity index is 379. The van der Waals surface area contributed by atoms with Crippen molar-refractivity contribution in [2.24, 2.45) is 0 Å². The lowest BCUT2D eigenvalue weighted by molar-refractivity contribution is 0.290. The van der Waals surface area contributed by atoms with Gasteiger partial charge < -0.3 is 5.11 Å². The Morgan fingerprint density at radius 1 is 1.31 bits per heavy atom. The van der Waals surface area contributed by atoms with E-state index < -0.39 is 0 Å². The zero-order valence-electron chi connectivity index (χ0n) is 8.90. The van der Waals surface area contributed by atoms with E-state index in [0.29, 0.717) is 5.02 Å². The van der Waals surface area contributed by atoms with Gasteiger partial charge in [-0.25, -0.2) is 0 Å². The molecule has 0 radical (unpaired) electrons. The molecular formula is C12H15Cl2NO. The summed E-state index contributed by atoms with van der Waals surface area (Å²) >= 11 is 5.85. The summed E-state index contributed by atoms with van der Waals surface area (Å²) in [5.41, 5.74) is 1.15. The van der Waals surface area contributed by atoms with Gasteiger partial charge in [-0.2, -0.15) is 0 Å². The molecule has 0 saturated heterocycles. The number of benzene rings is 1. The van der Waals surface area contributed by atoms with Gasteiger partial charge in [-0.1, -0.05) is 29.8 Å². The predicted molar refractivity (Wildman–Crippen MR) is 69.4 cm³/mol. The zero-order valence-corrected chi connectivity index (χ0v) is 10.5. The maximum Gasteiger partial charge on any atom is 0.134 e. The molecule has 0 fully saturated rings. The third-order valence-corrected chi connectivity index (χ3v) is 2.86. The van der Waals surface area contributed by atoms with Crippen molar-refractivity contribution in [1.29, 1.82) is 0 Å². The number of aromatic hydroxyl groups is 1. The van der Waals surface area contributed by atoms with Crippen molar-refractivity contribution in [3.8, 4) is 5.75 Å². The van der Waals surface area contributed by atoms with Crippen molar-refractivity contribution in [3.63, 3.8) is 0 Å². The van der Waals surface area contributed by atoms with E-state index in [9.17, 15) is 5.11 Å². The molecule has 1 N–H and O–H groups in total. The highest BCUT2D eigenvalue weighted by Crippen LogP contribution is 2.24. The molecule has 2 rings (SSSR count). The van der Waals surface area contributed by atoms with E-state index in [-0.39, 0.29) is 18.2 Å². The Morgan fingerprint density at radius 2 is 2.12 bits per heavy atom. The van der Waals surface area contributed by atoms with E-state index in [2.05, 4.69) is 17.1 Å². The van der Waals surface area contributed by atoms with Crippen LogP contribution in [0.15, 0.2) is 30.4 Å². The van der Waals surface area contributed by atoms with E-state index in [1.54, 1.807) is 6.07 Å². The van der Waals surface area contributed by atoms with Crippen molar-refractivity contribution in [2.75, 3.05) is 13.1 Å². The first-order valence-electron chi connectivity index (χ1n) is 5.10. The third kappa shape index (κ3) is 3.41. The summed E-state index contributed by atoms with van der Waals surface area (Å²) in [7, 11) is 0. The van der Waals surface area contributed by atoms with Crippen molar-refractivity contribution in [1.82, 2.24) is 4.90 Å². The molecule has 0 aromatic heterocycles. The number of halogens is 2. The second-order valence-corrected chi connectivity index (χ2v) is 4.19. The van der Waals surface area contributed by atoms with E-state index in [1.165, 1.54) is 0 Å². The molecule has 1 aromatic rings. The number of nitrogens with zero attached hydrogens (tertiary/aromatic N) is 1. The van der Waals surface area contributed by atoms with Crippen molar-refractivity contribution < 1.29 is 5.11 Å². The highest BCUT2D eigenvalue weighted by atomic mass is 35.5. The molecule has 0 spiro atoms. The van der Waals surface area contributed by atoms with Crippen LogP contribution in [-0.2, 0) is 6.54 Å². The molecule has 0 atom stereocenters. The number of hydrogen-bond donors (Lipinski definition) is 1. The first-order valence-corrected chi connectivity index (χ1v) is 5.48. The van der Waals surface area contributed by atoms with Gasteiger partial charge in [0.05, 0.1) is 5.02 Å². The molecule has 4 heteroatoms. The maximum atomic E-state index is 9.29. The van der Waals surface area contributed by atoms with Gasteiger partial charge in [0.2, 0.25) is 0 Å². The fourth-order valence-corrected chi connectivity index (χ4v) is 1.94. The summed E-state index contributed by atoms with van der Waals surface area (Å²) in [6.07, 6.45) is 5.51. The number of hydrogen-bond acceptors (Lipinski definition) is 2. The lowest BCUT2D eigenvalue weighted by Gasteiger charge is -2.23. The normalized spacial score (nSPS) is 15.8. The van der Waals surface area contributed by atoms with Crippen molar-refractivity contribution in [3.05, 3.63) is 40.9 Å². The second kappa shape index (κ2) is 6.14. The molecule has 88 valence electrons. The fourth-order valence-electron chi connectivity index (χ4n) is 1.74. The fraction of sp³-hybridized carbons (Fsp3) is 0.333. The molecule has 0 saturated carbocycles. The molecule has 1 aromatic carbocycles. The van der Waals surface area contributed by atoms with Gasteiger partial charge in [0.1, 0.15) is 5.75 Å². The van der Waals surface area contributed by atoms with Crippen LogP contribution >= 0.6 is 24.0 Å². The number of phenols is 1. The summed E-state index contributed by atoms with van der Waals surface area (Å²) in [4.78, 5) is 2.35. The second-order valence-electron chi connectivity index (χ2n) is 3.78. The van der Waals surface area contributed by atoms with Crippen LogP contribution in [0.4, 0.5) is 0 Å². The Morgan fingerprint density at radius 3 is 2.75 bits per heavy atom. The minimum atomic E-state index is 0. The van der Waals surface area contributed by atoms with Gasteiger partial charge in [0.25, 0.3) is 0 Å². The summed E-state index contributed by atoms with van der Waals surface area (Å²) in [5.74, 6) is 0.152. The molecule has 1 heterocycles. The molecule has 1 aliphatic rings. The average molecular weight is 260 g/mol. The number of rotatable bonds is 2. The van der Waals surface area contributed by atoms with Crippen molar-refractivity contribution >= 4 is 24.0 Å². The summed E-state index contributed by atoms with van der Waals surface area (Å²) in [5, 5.41) is 9.72. The molecule has 2 nitrogen and oxygen atoms in total. The summed E-state index contributed by atoms with van der Waals surface area (Å²) in [6.45, 7) is 2.98. The van der Waals surface area contributed by atoms with Crippen LogP contribution in [0.1, 0.15) is 12.0 Å². The SMILES string of the molecule is Cl.Oc1ccc(CN2CC=CCC2)cc1Cl. The highest BCUT2D eigenvalue weighted by Gasteiger charge is 2.07. The van der Waals surface area contributed by atoms with Crippen LogP contribution in [0.5, 0.6) is 5.75 Å². The minimum absolute atomic E-state index is 0. The van der Waals surface area contributed by atoms with Crippen LogP contribution in [0.3, 0.4) is 0 Å². The highest BCUT2D eigenvalue weighted by molar-refractivity contribution is 6.32. The molecule has 0 unspecified atom stereocenters. The smallest absolute Gasteiger partial charge is 0.134 e. The van der Waals surface area contributed by atoms with Gasteiger partial charge in [0, 0.05) is 19.6 Å². The molecule has 0 bridgehead atoms. The summed E-state index contributed by atoms with van der Waals surface area (Å²) in [6, 6.07) is 5.40. The van der Waals surface area contributed by atoms with Gasteiger partial charge in [-0.15, -0.1) is 12.4 Å². The maximum absolute atomic E-state index is 9.29. The Hall–Kier alpha value is -0.700. The van der Waals surface area contributed by atoms with E-state index in [0.717, 1.165) is 31.6 Å². The quantitative estimate of drug-likeness (QED) is 0.825. The Kier molecular flexibility index (Phi) is 5.13. The zero-order chi connectivity index (χ0) is 10.7.